The maximum absolute atomic E-state index is 5.67. The minimum Gasteiger partial charge on any atom is -0.382 e. The summed E-state index contributed by atoms with van der Waals surface area (Å²) in [6.07, 6.45) is 7.62. The molecular formula is C10H7N7O. The second kappa shape index (κ2) is 4.17. The lowest BCUT2D eigenvalue weighted by Gasteiger charge is -1.95. The van der Waals surface area contributed by atoms with Crippen LogP contribution in [0.15, 0.2) is 35.5 Å². The van der Waals surface area contributed by atoms with Crippen LogP contribution in [0.2, 0.25) is 0 Å². The summed E-state index contributed by atoms with van der Waals surface area (Å²) in [7, 11) is 0. The van der Waals surface area contributed by atoms with Crippen LogP contribution in [0.3, 0.4) is 0 Å². The van der Waals surface area contributed by atoms with E-state index >= 15 is 0 Å². The fraction of sp³-hybridized carbons (Fsp3) is 0. The van der Waals surface area contributed by atoms with Crippen LogP contribution in [-0.2, 0) is 0 Å². The van der Waals surface area contributed by atoms with Gasteiger partial charge in [0.15, 0.2) is 11.5 Å². The van der Waals surface area contributed by atoms with Gasteiger partial charge < -0.3 is 10.3 Å². The van der Waals surface area contributed by atoms with Crippen molar-refractivity contribution in [1.82, 2.24) is 30.1 Å². The molecule has 0 amide bonds. The Balaban J connectivity index is 2.03. The largest absolute Gasteiger partial charge is 0.382 e. The molecule has 0 unspecified atom stereocenters. The van der Waals surface area contributed by atoms with Gasteiger partial charge in [-0.05, 0) is 0 Å². The molecule has 8 nitrogen and oxygen atoms in total. The Hall–Kier alpha value is -2.90. The highest BCUT2D eigenvalue weighted by molar-refractivity contribution is 5.63. The van der Waals surface area contributed by atoms with Crippen molar-refractivity contribution in [3.8, 4) is 23.1 Å². The summed E-state index contributed by atoms with van der Waals surface area (Å²) in [6.45, 7) is 0. The first-order chi connectivity index (χ1) is 8.84. The summed E-state index contributed by atoms with van der Waals surface area (Å²) < 4.78 is 5.07. The summed E-state index contributed by atoms with van der Waals surface area (Å²) in [5.74, 6) is 0.747. The first-order valence-electron chi connectivity index (χ1n) is 5.01. The molecule has 18 heavy (non-hydrogen) atoms. The Morgan fingerprint density at radius 2 is 1.83 bits per heavy atom. The van der Waals surface area contributed by atoms with Crippen LogP contribution in [0, 0.1) is 0 Å². The highest BCUT2D eigenvalue weighted by Crippen LogP contribution is 2.21. The van der Waals surface area contributed by atoms with Gasteiger partial charge in [0.1, 0.15) is 5.69 Å². The predicted molar refractivity (Wildman–Crippen MR) is 60.8 cm³/mol. The molecule has 0 fully saturated rings. The highest BCUT2D eigenvalue weighted by atomic mass is 16.5. The molecule has 0 saturated heterocycles. The van der Waals surface area contributed by atoms with E-state index in [2.05, 4.69) is 30.1 Å². The second-order valence-corrected chi connectivity index (χ2v) is 3.30. The molecule has 88 valence electrons. The number of nitrogen functional groups attached to an aromatic ring is 1. The van der Waals surface area contributed by atoms with Gasteiger partial charge in [0, 0.05) is 24.8 Å². The number of aromatic nitrogens is 6. The third kappa shape index (κ3) is 1.75. The van der Waals surface area contributed by atoms with Crippen molar-refractivity contribution in [3.05, 3.63) is 31.0 Å². The second-order valence-electron chi connectivity index (χ2n) is 3.30. The van der Waals surface area contributed by atoms with Gasteiger partial charge in [-0.2, -0.15) is 4.98 Å². The van der Waals surface area contributed by atoms with Gasteiger partial charge >= 0.3 is 0 Å². The number of nitrogens with zero attached hydrogens (tertiary/aromatic N) is 6. The number of hydrogen-bond donors (Lipinski definition) is 1. The topological polar surface area (TPSA) is 116 Å². The fourth-order valence-corrected chi connectivity index (χ4v) is 1.35. The fourth-order valence-electron chi connectivity index (χ4n) is 1.35. The lowest BCUT2D eigenvalue weighted by atomic mass is 10.4. The number of nitrogens with two attached hydrogens (primary N) is 1. The Morgan fingerprint density at radius 1 is 1.00 bits per heavy atom. The van der Waals surface area contributed by atoms with Crippen molar-refractivity contribution >= 4 is 5.82 Å². The van der Waals surface area contributed by atoms with Gasteiger partial charge in [0.05, 0.1) is 6.20 Å². The van der Waals surface area contributed by atoms with Crippen LogP contribution in [0.1, 0.15) is 0 Å². The Labute approximate surface area is 101 Å². The molecule has 2 N–H and O–H groups in total. The Bertz CT molecular complexity index is 667. The molecule has 0 aliphatic rings. The molecule has 3 aromatic heterocycles. The minimum atomic E-state index is 0.196. The van der Waals surface area contributed by atoms with Gasteiger partial charge in [-0.3, -0.25) is 4.98 Å². The summed E-state index contributed by atoms with van der Waals surface area (Å²) in [5.41, 5.74) is 6.53. The number of anilines is 1. The summed E-state index contributed by atoms with van der Waals surface area (Å²) in [6, 6.07) is 0. The molecule has 3 heterocycles. The molecule has 3 rings (SSSR count). The summed E-state index contributed by atoms with van der Waals surface area (Å²) >= 11 is 0. The maximum atomic E-state index is 5.67. The first-order valence-corrected chi connectivity index (χ1v) is 5.01. The van der Waals surface area contributed by atoms with E-state index in [4.69, 9.17) is 10.3 Å². The molecule has 0 atom stereocenters. The van der Waals surface area contributed by atoms with Gasteiger partial charge in [-0.15, -0.1) is 0 Å². The molecule has 0 bridgehead atoms. The van der Waals surface area contributed by atoms with Crippen molar-refractivity contribution in [2.24, 2.45) is 0 Å². The molecule has 0 aliphatic heterocycles. The summed E-state index contributed by atoms with van der Waals surface area (Å²) in [5, 5.41) is 3.79. The monoisotopic (exact) mass is 241 g/mol. The van der Waals surface area contributed by atoms with E-state index in [1.54, 1.807) is 12.4 Å². The Morgan fingerprint density at radius 3 is 2.61 bits per heavy atom. The standard InChI is InChI=1S/C10H7N7O/c11-8-7(14-3-4-15-8)10-16-9(17-18-10)6-5-12-1-2-13-6/h1-5H,(H2,11,15). The van der Waals surface area contributed by atoms with E-state index < -0.39 is 0 Å². The third-order valence-electron chi connectivity index (χ3n) is 2.15. The van der Waals surface area contributed by atoms with Crippen LogP contribution < -0.4 is 5.73 Å². The van der Waals surface area contributed by atoms with Crippen molar-refractivity contribution < 1.29 is 4.52 Å². The zero-order valence-corrected chi connectivity index (χ0v) is 9.06. The zero-order chi connectivity index (χ0) is 12.4. The first kappa shape index (κ1) is 10.3. The van der Waals surface area contributed by atoms with Crippen molar-refractivity contribution in [2.45, 2.75) is 0 Å². The van der Waals surface area contributed by atoms with E-state index in [1.165, 1.54) is 18.6 Å². The lowest BCUT2D eigenvalue weighted by molar-refractivity contribution is 0.431. The van der Waals surface area contributed by atoms with Crippen LogP contribution in [-0.4, -0.2) is 30.1 Å². The molecule has 0 aromatic carbocycles. The van der Waals surface area contributed by atoms with E-state index in [0.717, 1.165) is 0 Å². The highest BCUT2D eigenvalue weighted by Gasteiger charge is 2.15. The third-order valence-corrected chi connectivity index (χ3v) is 2.15. The van der Waals surface area contributed by atoms with Gasteiger partial charge in [-0.25, -0.2) is 15.0 Å². The zero-order valence-electron chi connectivity index (χ0n) is 9.06. The van der Waals surface area contributed by atoms with E-state index in [0.29, 0.717) is 17.2 Å². The molecule has 0 aliphatic carbocycles. The smallest absolute Gasteiger partial charge is 0.280 e. The molecule has 0 spiro atoms. The average Bonchev–Trinajstić information content (AvgIpc) is 2.90. The average molecular weight is 241 g/mol. The van der Waals surface area contributed by atoms with Gasteiger partial charge in [0.2, 0.25) is 5.82 Å². The van der Waals surface area contributed by atoms with Crippen molar-refractivity contribution in [2.75, 3.05) is 5.73 Å². The molecule has 0 saturated carbocycles. The number of rotatable bonds is 2. The molecule has 3 aromatic rings. The minimum absolute atomic E-state index is 0.196. The lowest BCUT2D eigenvalue weighted by Crippen LogP contribution is -1.96. The van der Waals surface area contributed by atoms with Crippen LogP contribution >= 0.6 is 0 Å². The van der Waals surface area contributed by atoms with Crippen molar-refractivity contribution in [3.63, 3.8) is 0 Å². The molecular weight excluding hydrogens is 234 g/mol. The van der Waals surface area contributed by atoms with E-state index in [9.17, 15) is 0 Å². The van der Waals surface area contributed by atoms with Gasteiger partial charge in [0.25, 0.3) is 5.89 Å². The summed E-state index contributed by atoms with van der Waals surface area (Å²) in [4.78, 5) is 20.1. The normalized spacial score (nSPS) is 10.4. The predicted octanol–water partition coefficient (Wildman–Crippen LogP) is 0.566. The molecule has 0 radical (unpaired) electrons. The SMILES string of the molecule is Nc1nccnc1-c1nc(-c2cnccn2)no1. The molecule has 8 heteroatoms. The van der Waals surface area contributed by atoms with E-state index in [-0.39, 0.29) is 11.7 Å². The van der Waals surface area contributed by atoms with Crippen molar-refractivity contribution in [1.29, 1.82) is 0 Å². The van der Waals surface area contributed by atoms with E-state index in [1.807, 2.05) is 0 Å². The van der Waals surface area contributed by atoms with Gasteiger partial charge in [-0.1, -0.05) is 5.16 Å². The van der Waals surface area contributed by atoms with Crippen LogP contribution in [0.25, 0.3) is 23.1 Å². The maximum Gasteiger partial charge on any atom is 0.280 e. The Kier molecular flexibility index (Phi) is 2.38. The quantitative estimate of drug-likeness (QED) is 0.691. The van der Waals surface area contributed by atoms with Crippen LogP contribution in [0.5, 0.6) is 0 Å². The number of hydrogen-bond acceptors (Lipinski definition) is 8. The van der Waals surface area contributed by atoms with Crippen LogP contribution in [0.4, 0.5) is 5.82 Å².